The molecule has 3 aromatic rings. The van der Waals surface area contributed by atoms with E-state index in [0.717, 1.165) is 10.2 Å². The number of aromatic nitrogens is 1. The SMILES string of the molecule is COc1c(O)c(CN2CCN(CC(=O)Nc3nc4ccccc4s3)CC2)c2c(c1O)C1O[C@H](CO)[C@@H](O)[C@H](O)C1OC2=O. The number of methoxy groups -OCH3 is 1. The Labute approximate surface area is 249 Å². The number of carbonyl (C=O) groups is 2. The summed E-state index contributed by atoms with van der Waals surface area (Å²) in [5.74, 6) is -2.38. The third kappa shape index (κ3) is 5.37. The Balaban J connectivity index is 1.17. The molecular weight excluding hydrogens is 584 g/mol. The number of thiazole rings is 1. The Hall–Kier alpha value is -3.57. The summed E-state index contributed by atoms with van der Waals surface area (Å²) < 4.78 is 17.5. The molecule has 0 spiro atoms. The lowest BCUT2D eigenvalue weighted by Crippen LogP contribution is -2.58. The Morgan fingerprint density at radius 1 is 1.12 bits per heavy atom. The van der Waals surface area contributed by atoms with E-state index in [9.17, 15) is 35.1 Å². The number of aliphatic hydroxyl groups excluding tert-OH is 3. The maximum atomic E-state index is 13.2. The summed E-state index contributed by atoms with van der Waals surface area (Å²) in [4.78, 5) is 34.3. The predicted octanol–water partition coefficient (Wildman–Crippen LogP) is 0.165. The van der Waals surface area contributed by atoms with Crippen molar-refractivity contribution in [3.8, 4) is 17.2 Å². The minimum absolute atomic E-state index is 0.0551. The molecule has 15 heteroatoms. The van der Waals surface area contributed by atoms with Gasteiger partial charge in [0.2, 0.25) is 11.7 Å². The maximum Gasteiger partial charge on any atom is 0.339 e. The van der Waals surface area contributed by atoms with E-state index < -0.39 is 54.6 Å². The minimum Gasteiger partial charge on any atom is -0.504 e. The second kappa shape index (κ2) is 11.8. The molecule has 0 aliphatic carbocycles. The van der Waals surface area contributed by atoms with Crippen LogP contribution in [0.3, 0.4) is 0 Å². The Bertz CT molecular complexity index is 1510. The summed E-state index contributed by atoms with van der Waals surface area (Å²) in [6.45, 7) is 1.69. The van der Waals surface area contributed by atoms with E-state index in [4.69, 9.17) is 14.2 Å². The van der Waals surface area contributed by atoms with Crippen LogP contribution < -0.4 is 10.1 Å². The molecule has 6 N–H and O–H groups in total. The molecule has 6 rings (SSSR count). The number of rotatable bonds is 7. The number of ether oxygens (including phenoxy) is 3. The van der Waals surface area contributed by atoms with Crippen LogP contribution in [0.15, 0.2) is 24.3 Å². The van der Waals surface area contributed by atoms with Crippen LogP contribution in [0.25, 0.3) is 10.2 Å². The van der Waals surface area contributed by atoms with Crippen molar-refractivity contribution in [1.29, 1.82) is 0 Å². The number of phenols is 2. The zero-order valence-electron chi connectivity index (χ0n) is 23.2. The second-order valence-electron chi connectivity index (χ2n) is 10.7. The monoisotopic (exact) mass is 616 g/mol. The number of amides is 1. The van der Waals surface area contributed by atoms with Gasteiger partial charge in [-0.3, -0.25) is 14.6 Å². The van der Waals surface area contributed by atoms with E-state index in [1.807, 2.05) is 34.1 Å². The van der Waals surface area contributed by atoms with Crippen molar-refractivity contribution >= 4 is 38.6 Å². The molecule has 1 amide bonds. The first-order chi connectivity index (χ1) is 20.7. The molecule has 0 bridgehead atoms. The standard InChI is InChI=1S/C28H32N4O10S/c1-40-25-20(35)13(18-19(22(25)37)24-26(42-27(18)39)23(38)21(36)15(12-33)41-24)10-31-6-8-32(9-7-31)11-17(34)30-28-29-14-4-2-3-5-16(14)43-28/h2-5,15,21,23-24,26,33,35-38H,6-12H2,1H3,(H,29,30,34)/t15-,21-,23+,24?,26?/m1/s1. The lowest BCUT2D eigenvalue weighted by Gasteiger charge is -2.45. The molecule has 43 heavy (non-hydrogen) atoms. The molecule has 2 unspecified atom stereocenters. The summed E-state index contributed by atoms with van der Waals surface area (Å²) >= 11 is 1.41. The fourth-order valence-corrected chi connectivity index (χ4v) is 6.76. The number of piperazine rings is 1. The van der Waals surface area contributed by atoms with Crippen molar-refractivity contribution in [3.63, 3.8) is 0 Å². The highest BCUT2D eigenvalue weighted by Crippen LogP contribution is 2.52. The summed E-state index contributed by atoms with van der Waals surface area (Å²) in [5, 5.41) is 56.1. The molecule has 3 aliphatic rings. The van der Waals surface area contributed by atoms with Crippen molar-refractivity contribution in [3.05, 3.63) is 41.0 Å². The zero-order valence-corrected chi connectivity index (χ0v) is 24.0. The highest BCUT2D eigenvalue weighted by Gasteiger charge is 2.53. The molecule has 5 atom stereocenters. The second-order valence-corrected chi connectivity index (χ2v) is 11.7. The van der Waals surface area contributed by atoms with Crippen molar-refractivity contribution in [1.82, 2.24) is 14.8 Å². The van der Waals surface area contributed by atoms with Crippen LogP contribution in [0.1, 0.15) is 27.6 Å². The predicted molar refractivity (Wildman–Crippen MR) is 152 cm³/mol. The quantitative estimate of drug-likeness (QED) is 0.197. The number of nitrogens with zero attached hydrogens (tertiary/aromatic N) is 3. The van der Waals surface area contributed by atoms with Crippen LogP contribution in [0.4, 0.5) is 5.13 Å². The molecule has 0 radical (unpaired) electrons. The molecule has 1 aromatic heterocycles. The Morgan fingerprint density at radius 2 is 1.84 bits per heavy atom. The van der Waals surface area contributed by atoms with Crippen LogP contribution in [0.2, 0.25) is 0 Å². The van der Waals surface area contributed by atoms with Gasteiger partial charge in [-0.2, -0.15) is 0 Å². The van der Waals surface area contributed by atoms with Gasteiger partial charge in [-0.05, 0) is 12.1 Å². The van der Waals surface area contributed by atoms with Crippen molar-refractivity contribution in [2.24, 2.45) is 0 Å². The first-order valence-electron chi connectivity index (χ1n) is 13.8. The average molecular weight is 617 g/mol. The molecule has 2 aromatic carbocycles. The van der Waals surface area contributed by atoms with E-state index >= 15 is 0 Å². The van der Waals surface area contributed by atoms with E-state index in [0.29, 0.717) is 31.3 Å². The van der Waals surface area contributed by atoms with Gasteiger partial charge >= 0.3 is 5.97 Å². The maximum absolute atomic E-state index is 13.2. The van der Waals surface area contributed by atoms with Gasteiger partial charge in [0, 0.05) is 43.9 Å². The summed E-state index contributed by atoms with van der Waals surface area (Å²) in [5.41, 5.74) is 0.777. The lowest BCUT2D eigenvalue weighted by atomic mass is 9.84. The molecular formula is C28H32N4O10S. The third-order valence-electron chi connectivity index (χ3n) is 8.10. The summed E-state index contributed by atoms with van der Waals surface area (Å²) in [7, 11) is 1.25. The van der Waals surface area contributed by atoms with Crippen LogP contribution in [0, 0.1) is 0 Å². The third-order valence-corrected chi connectivity index (χ3v) is 9.05. The largest absolute Gasteiger partial charge is 0.504 e. The van der Waals surface area contributed by atoms with Crippen LogP contribution >= 0.6 is 11.3 Å². The first kappa shape index (κ1) is 29.5. The van der Waals surface area contributed by atoms with Gasteiger partial charge in [0.05, 0.1) is 36.0 Å². The molecule has 2 saturated heterocycles. The van der Waals surface area contributed by atoms with E-state index in [2.05, 4.69) is 10.3 Å². The average Bonchev–Trinajstić information content (AvgIpc) is 3.40. The van der Waals surface area contributed by atoms with E-state index in [1.54, 1.807) is 0 Å². The number of aliphatic hydroxyl groups is 3. The number of hydrogen-bond donors (Lipinski definition) is 6. The van der Waals surface area contributed by atoms with Crippen LogP contribution in [0.5, 0.6) is 17.2 Å². The smallest absolute Gasteiger partial charge is 0.339 e. The topological polar surface area (TPSA) is 194 Å². The number of phenolic OH excluding ortho intramolecular Hbond substituents is 2. The fraction of sp³-hybridized carbons (Fsp3) is 0.464. The van der Waals surface area contributed by atoms with E-state index in [1.165, 1.54) is 18.4 Å². The number of para-hydroxylation sites is 1. The highest BCUT2D eigenvalue weighted by molar-refractivity contribution is 7.22. The Morgan fingerprint density at radius 3 is 2.53 bits per heavy atom. The number of fused-ring (bicyclic) bond motifs is 4. The number of esters is 1. The molecule has 14 nitrogen and oxygen atoms in total. The van der Waals surface area contributed by atoms with Gasteiger partial charge < -0.3 is 45.1 Å². The lowest BCUT2D eigenvalue weighted by molar-refractivity contribution is -0.235. The molecule has 4 heterocycles. The normalized spacial score (nSPS) is 26.0. The summed E-state index contributed by atoms with van der Waals surface area (Å²) in [6.07, 6.45) is -6.91. The van der Waals surface area contributed by atoms with Gasteiger partial charge in [-0.15, -0.1) is 0 Å². The number of aromatic hydroxyl groups is 2. The molecule has 2 fully saturated rings. The van der Waals surface area contributed by atoms with Gasteiger partial charge in [0.25, 0.3) is 0 Å². The Kier molecular flexibility index (Phi) is 8.12. The van der Waals surface area contributed by atoms with Gasteiger partial charge in [-0.1, -0.05) is 23.5 Å². The highest BCUT2D eigenvalue weighted by atomic mass is 32.1. The van der Waals surface area contributed by atoms with E-state index in [-0.39, 0.29) is 41.4 Å². The molecule has 3 aliphatic heterocycles. The van der Waals surface area contributed by atoms with Crippen molar-refractivity contribution in [2.75, 3.05) is 51.8 Å². The number of carbonyl (C=O) groups excluding carboxylic acids is 2. The number of benzene rings is 2. The molecule has 0 saturated carbocycles. The van der Waals surface area contributed by atoms with Crippen LogP contribution in [-0.2, 0) is 20.8 Å². The van der Waals surface area contributed by atoms with Gasteiger partial charge in [0.15, 0.2) is 22.7 Å². The van der Waals surface area contributed by atoms with Gasteiger partial charge in [0.1, 0.15) is 24.4 Å². The number of anilines is 1. The summed E-state index contributed by atoms with van der Waals surface area (Å²) in [6, 6.07) is 7.64. The van der Waals surface area contributed by atoms with Crippen LogP contribution in [-0.4, -0.2) is 123 Å². The fourth-order valence-electron chi connectivity index (χ4n) is 5.88. The van der Waals surface area contributed by atoms with Gasteiger partial charge in [-0.25, -0.2) is 9.78 Å². The number of hydrogen-bond acceptors (Lipinski definition) is 14. The first-order valence-corrected chi connectivity index (χ1v) is 14.6. The minimum atomic E-state index is -1.59. The van der Waals surface area contributed by atoms with Crippen molar-refractivity contribution in [2.45, 2.75) is 37.1 Å². The van der Waals surface area contributed by atoms with Crippen molar-refractivity contribution < 1.29 is 49.3 Å². The zero-order chi connectivity index (χ0) is 30.4. The molecule has 230 valence electrons. The number of nitrogens with one attached hydrogen (secondary N) is 1.